The number of nitrogens with one attached hydrogen (secondary N) is 1. The van der Waals surface area contributed by atoms with Crippen molar-refractivity contribution >= 4 is 21.6 Å². The van der Waals surface area contributed by atoms with Crippen LogP contribution < -0.4 is 15.2 Å². The van der Waals surface area contributed by atoms with Gasteiger partial charge in [0.05, 0.1) is 6.61 Å². The van der Waals surface area contributed by atoms with Gasteiger partial charge in [-0.2, -0.15) is 0 Å². The minimum absolute atomic E-state index is 0.141. The van der Waals surface area contributed by atoms with Crippen LogP contribution in [0.15, 0.2) is 23.1 Å². The third-order valence-electron chi connectivity index (χ3n) is 2.15. The summed E-state index contributed by atoms with van der Waals surface area (Å²) in [6.07, 6.45) is 0.303. The van der Waals surface area contributed by atoms with Crippen molar-refractivity contribution in [3.63, 3.8) is 0 Å². The molecule has 1 aromatic carbocycles. The van der Waals surface area contributed by atoms with E-state index in [0.717, 1.165) is 0 Å². The van der Waals surface area contributed by atoms with Crippen molar-refractivity contribution in [1.82, 2.24) is 0 Å². The predicted molar refractivity (Wildman–Crippen MR) is 67.9 cm³/mol. The van der Waals surface area contributed by atoms with Crippen LogP contribution in [0.4, 0.5) is 5.69 Å². The summed E-state index contributed by atoms with van der Waals surface area (Å²) in [5.41, 5.74) is 0.370. The Morgan fingerprint density at radius 3 is 2.56 bits per heavy atom. The summed E-state index contributed by atoms with van der Waals surface area (Å²) in [5, 5.41) is 7.66. The van der Waals surface area contributed by atoms with Crippen LogP contribution in [0.5, 0.6) is 5.75 Å². The first kappa shape index (κ1) is 14.5. The molecular formula is C11H16N2O4S. The lowest BCUT2D eigenvalue weighted by atomic mass is 10.3. The van der Waals surface area contributed by atoms with Crippen LogP contribution >= 0.6 is 0 Å². The zero-order valence-electron chi connectivity index (χ0n) is 10.3. The fraction of sp³-hybridized carbons (Fsp3) is 0.364. The predicted octanol–water partition coefficient (Wildman–Crippen LogP) is 1.08. The lowest BCUT2D eigenvalue weighted by Gasteiger charge is -2.11. The van der Waals surface area contributed by atoms with Crippen LogP contribution in [-0.4, -0.2) is 20.9 Å². The molecule has 0 spiro atoms. The monoisotopic (exact) mass is 272 g/mol. The SMILES string of the molecule is CCOc1ccc(NC(=O)CC)cc1S(N)(=O)=O. The topological polar surface area (TPSA) is 98.5 Å². The van der Waals surface area contributed by atoms with Crippen molar-refractivity contribution in [2.24, 2.45) is 5.14 Å². The van der Waals surface area contributed by atoms with E-state index in [4.69, 9.17) is 9.88 Å². The van der Waals surface area contributed by atoms with Gasteiger partial charge in [-0.3, -0.25) is 4.79 Å². The number of sulfonamides is 1. The van der Waals surface area contributed by atoms with E-state index >= 15 is 0 Å². The normalized spacial score (nSPS) is 11.1. The maximum absolute atomic E-state index is 11.4. The van der Waals surface area contributed by atoms with E-state index in [0.29, 0.717) is 18.7 Å². The second-order valence-electron chi connectivity index (χ2n) is 3.54. The van der Waals surface area contributed by atoms with Crippen molar-refractivity contribution in [2.75, 3.05) is 11.9 Å². The van der Waals surface area contributed by atoms with Gasteiger partial charge in [0.25, 0.3) is 0 Å². The highest BCUT2D eigenvalue weighted by Gasteiger charge is 2.16. The molecule has 0 aromatic heterocycles. The van der Waals surface area contributed by atoms with Gasteiger partial charge in [0.15, 0.2) is 0 Å². The maximum Gasteiger partial charge on any atom is 0.241 e. The molecule has 0 saturated heterocycles. The van der Waals surface area contributed by atoms with Gasteiger partial charge in [0.1, 0.15) is 10.6 Å². The smallest absolute Gasteiger partial charge is 0.241 e. The molecule has 0 fully saturated rings. The Morgan fingerprint density at radius 2 is 2.06 bits per heavy atom. The number of hydrogen-bond donors (Lipinski definition) is 2. The van der Waals surface area contributed by atoms with Crippen LogP contribution in [0, 0.1) is 0 Å². The number of ether oxygens (including phenoxy) is 1. The first-order valence-electron chi connectivity index (χ1n) is 5.48. The highest BCUT2D eigenvalue weighted by molar-refractivity contribution is 7.89. The average molecular weight is 272 g/mol. The van der Waals surface area contributed by atoms with Crippen molar-refractivity contribution in [2.45, 2.75) is 25.2 Å². The Bertz CT molecular complexity index is 540. The molecule has 1 rings (SSSR count). The molecule has 0 aliphatic carbocycles. The van der Waals surface area contributed by atoms with E-state index < -0.39 is 10.0 Å². The van der Waals surface area contributed by atoms with Gasteiger partial charge in [-0.1, -0.05) is 6.92 Å². The Kier molecular flexibility index (Phi) is 4.69. The summed E-state index contributed by atoms with van der Waals surface area (Å²) >= 11 is 0. The van der Waals surface area contributed by atoms with E-state index in [1.807, 2.05) is 0 Å². The largest absolute Gasteiger partial charge is 0.492 e. The maximum atomic E-state index is 11.4. The third kappa shape index (κ3) is 3.71. The van der Waals surface area contributed by atoms with Crippen molar-refractivity contribution in [3.8, 4) is 5.75 Å². The number of carbonyl (C=O) groups excluding carboxylic acids is 1. The number of rotatable bonds is 5. The second-order valence-corrected chi connectivity index (χ2v) is 5.07. The van der Waals surface area contributed by atoms with E-state index in [2.05, 4.69) is 5.32 Å². The summed E-state index contributed by atoms with van der Waals surface area (Å²) in [4.78, 5) is 11.1. The summed E-state index contributed by atoms with van der Waals surface area (Å²) < 4.78 is 28.0. The fourth-order valence-corrected chi connectivity index (χ4v) is 2.03. The van der Waals surface area contributed by atoms with Gasteiger partial charge in [-0.25, -0.2) is 13.6 Å². The number of amides is 1. The number of hydrogen-bond acceptors (Lipinski definition) is 4. The molecule has 0 aliphatic rings. The van der Waals surface area contributed by atoms with Crippen molar-refractivity contribution < 1.29 is 17.9 Å². The van der Waals surface area contributed by atoms with Crippen LogP contribution in [0.3, 0.4) is 0 Å². The first-order chi connectivity index (χ1) is 8.38. The van der Waals surface area contributed by atoms with Gasteiger partial charge in [-0.05, 0) is 25.1 Å². The molecule has 0 saturated carbocycles. The molecule has 1 aromatic rings. The van der Waals surface area contributed by atoms with Gasteiger partial charge in [0.2, 0.25) is 15.9 Å². The molecule has 0 atom stereocenters. The van der Waals surface area contributed by atoms with E-state index in [1.54, 1.807) is 19.9 Å². The number of carbonyl (C=O) groups is 1. The quantitative estimate of drug-likeness (QED) is 0.837. The molecule has 3 N–H and O–H groups in total. The molecule has 0 heterocycles. The van der Waals surface area contributed by atoms with Crippen LogP contribution in [0.2, 0.25) is 0 Å². The Balaban J connectivity index is 3.17. The summed E-state index contributed by atoms with van der Waals surface area (Å²) in [6.45, 7) is 3.76. The summed E-state index contributed by atoms with van der Waals surface area (Å²) in [5.74, 6) is -0.0333. The number of benzene rings is 1. The standard InChI is InChI=1S/C11H16N2O4S/c1-3-11(14)13-8-5-6-9(17-4-2)10(7-8)18(12,15)16/h5-7H,3-4H2,1-2H3,(H,13,14)(H2,12,15,16). The van der Waals surface area contributed by atoms with Gasteiger partial charge < -0.3 is 10.1 Å². The number of nitrogens with two attached hydrogens (primary N) is 1. The molecule has 0 aliphatic heterocycles. The molecule has 0 unspecified atom stereocenters. The van der Waals surface area contributed by atoms with Gasteiger partial charge in [-0.15, -0.1) is 0 Å². The minimum Gasteiger partial charge on any atom is -0.492 e. The Hall–Kier alpha value is -1.60. The van der Waals surface area contributed by atoms with Gasteiger partial charge in [0, 0.05) is 12.1 Å². The Labute approximate surface area is 106 Å². The summed E-state index contributed by atoms with van der Waals surface area (Å²) in [7, 11) is -3.90. The number of primary sulfonamides is 1. The molecule has 0 radical (unpaired) electrons. The minimum atomic E-state index is -3.90. The highest BCUT2D eigenvalue weighted by atomic mass is 32.2. The summed E-state index contributed by atoms with van der Waals surface area (Å²) in [6, 6.07) is 4.32. The number of anilines is 1. The van der Waals surface area contributed by atoms with Gasteiger partial charge >= 0.3 is 0 Å². The van der Waals surface area contributed by atoms with Crippen LogP contribution in [0.25, 0.3) is 0 Å². The van der Waals surface area contributed by atoms with Crippen molar-refractivity contribution in [1.29, 1.82) is 0 Å². The molecule has 7 heteroatoms. The second kappa shape index (κ2) is 5.83. The first-order valence-corrected chi connectivity index (χ1v) is 7.02. The molecule has 100 valence electrons. The van der Waals surface area contributed by atoms with Crippen molar-refractivity contribution in [3.05, 3.63) is 18.2 Å². The highest BCUT2D eigenvalue weighted by Crippen LogP contribution is 2.26. The lowest BCUT2D eigenvalue weighted by Crippen LogP contribution is -2.15. The fourth-order valence-electron chi connectivity index (χ4n) is 1.33. The Morgan fingerprint density at radius 1 is 1.39 bits per heavy atom. The van der Waals surface area contributed by atoms with Crippen LogP contribution in [0.1, 0.15) is 20.3 Å². The zero-order chi connectivity index (χ0) is 13.8. The molecule has 1 amide bonds. The molecule has 0 bridgehead atoms. The van der Waals surface area contributed by atoms with E-state index in [1.165, 1.54) is 12.1 Å². The van der Waals surface area contributed by atoms with Crippen LogP contribution in [-0.2, 0) is 14.8 Å². The van der Waals surface area contributed by atoms with E-state index in [-0.39, 0.29) is 16.6 Å². The third-order valence-corrected chi connectivity index (χ3v) is 3.09. The molecule has 6 nitrogen and oxygen atoms in total. The lowest BCUT2D eigenvalue weighted by molar-refractivity contribution is -0.115. The van der Waals surface area contributed by atoms with E-state index in [9.17, 15) is 13.2 Å². The zero-order valence-corrected chi connectivity index (χ0v) is 11.1. The molecule has 18 heavy (non-hydrogen) atoms. The molecular weight excluding hydrogens is 256 g/mol. The average Bonchev–Trinajstić information content (AvgIpc) is 2.30.